The summed E-state index contributed by atoms with van der Waals surface area (Å²) >= 11 is 6.86. The highest BCUT2D eigenvalue weighted by Crippen LogP contribution is 2.36. The molecule has 0 saturated heterocycles. The monoisotopic (exact) mass is 422 g/mol. The zero-order valence-electron chi connectivity index (χ0n) is 12.1. The van der Waals surface area contributed by atoms with Crippen molar-refractivity contribution in [2.24, 2.45) is 10.7 Å². The quantitative estimate of drug-likeness (QED) is 0.568. The molecule has 0 radical (unpaired) electrons. The summed E-state index contributed by atoms with van der Waals surface area (Å²) < 4.78 is 1.99. The van der Waals surface area contributed by atoms with Crippen LogP contribution in [0.5, 0.6) is 0 Å². The van der Waals surface area contributed by atoms with Crippen molar-refractivity contribution >= 4 is 37.9 Å². The van der Waals surface area contributed by atoms with Crippen LogP contribution < -0.4 is 5.73 Å². The van der Waals surface area contributed by atoms with Gasteiger partial charge in [-0.05, 0) is 42.3 Å². The van der Waals surface area contributed by atoms with E-state index < -0.39 is 5.54 Å². The minimum atomic E-state index is -0.658. The van der Waals surface area contributed by atoms with Crippen LogP contribution in [-0.4, -0.2) is 12.6 Å². The first-order chi connectivity index (χ1) is 10.4. The van der Waals surface area contributed by atoms with E-state index in [0.29, 0.717) is 6.54 Å². The number of hydrogen-bond donors (Lipinski definition) is 1. The van der Waals surface area contributed by atoms with Gasteiger partial charge in [0.1, 0.15) is 0 Å². The van der Waals surface area contributed by atoms with Crippen molar-refractivity contribution in [1.29, 1.82) is 0 Å². The lowest BCUT2D eigenvalue weighted by Gasteiger charge is -2.34. The Labute approximate surface area is 146 Å². The molecule has 22 heavy (non-hydrogen) atoms. The van der Waals surface area contributed by atoms with Crippen LogP contribution in [0, 0.1) is 0 Å². The SMILES string of the molecule is CC(N)(c1ccc(Br)cc1)C(CN=C=O)c1ccc(Br)cc1. The summed E-state index contributed by atoms with van der Waals surface area (Å²) in [5.41, 5.74) is 8.00. The number of rotatable bonds is 5. The zero-order valence-corrected chi connectivity index (χ0v) is 15.3. The Bertz CT molecular complexity index is 675. The molecule has 0 saturated carbocycles. The minimum absolute atomic E-state index is 0.122. The van der Waals surface area contributed by atoms with Crippen LogP contribution in [0.1, 0.15) is 24.0 Å². The van der Waals surface area contributed by atoms with Crippen molar-refractivity contribution in [3.63, 3.8) is 0 Å². The number of aliphatic imine (C=N–C) groups is 1. The smallest absolute Gasteiger partial charge is 0.234 e. The van der Waals surface area contributed by atoms with Crippen LogP contribution >= 0.6 is 31.9 Å². The topological polar surface area (TPSA) is 55.4 Å². The van der Waals surface area contributed by atoms with Crippen LogP contribution in [0.25, 0.3) is 0 Å². The molecular formula is C17H16Br2N2O. The first-order valence-electron chi connectivity index (χ1n) is 6.79. The Morgan fingerprint density at radius 2 is 1.59 bits per heavy atom. The van der Waals surface area contributed by atoms with Gasteiger partial charge in [0.15, 0.2) is 0 Å². The highest BCUT2D eigenvalue weighted by molar-refractivity contribution is 9.10. The van der Waals surface area contributed by atoms with Gasteiger partial charge < -0.3 is 5.73 Å². The number of isocyanates is 1. The van der Waals surface area contributed by atoms with E-state index in [9.17, 15) is 4.79 Å². The molecule has 5 heteroatoms. The Morgan fingerprint density at radius 3 is 2.09 bits per heavy atom. The third-order valence-corrected chi connectivity index (χ3v) is 4.86. The van der Waals surface area contributed by atoms with Gasteiger partial charge in [-0.2, -0.15) is 0 Å². The summed E-state index contributed by atoms with van der Waals surface area (Å²) in [4.78, 5) is 14.3. The van der Waals surface area contributed by atoms with E-state index in [1.54, 1.807) is 6.08 Å². The molecule has 2 aromatic carbocycles. The first kappa shape index (κ1) is 17.1. The van der Waals surface area contributed by atoms with Crippen LogP contribution in [0.4, 0.5) is 0 Å². The fourth-order valence-electron chi connectivity index (χ4n) is 2.48. The average molecular weight is 424 g/mol. The van der Waals surface area contributed by atoms with Gasteiger partial charge in [-0.1, -0.05) is 56.1 Å². The molecule has 2 unspecified atom stereocenters. The van der Waals surface area contributed by atoms with E-state index in [1.807, 2.05) is 55.5 Å². The second kappa shape index (κ2) is 7.34. The van der Waals surface area contributed by atoms with Crippen LogP contribution in [0.2, 0.25) is 0 Å². The van der Waals surface area contributed by atoms with E-state index in [0.717, 1.165) is 20.1 Å². The summed E-state index contributed by atoms with van der Waals surface area (Å²) in [5.74, 6) is -0.122. The van der Waals surface area contributed by atoms with E-state index in [1.165, 1.54) is 0 Å². The number of nitrogens with two attached hydrogens (primary N) is 1. The lowest BCUT2D eigenvalue weighted by Crippen LogP contribution is -2.41. The number of halogens is 2. The van der Waals surface area contributed by atoms with Crippen molar-refractivity contribution in [1.82, 2.24) is 0 Å². The van der Waals surface area contributed by atoms with Crippen LogP contribution in [0.3, 0.4) is 0 Å². The standard InChI is InChI=1S/C17H16Br2N2O/c1-17(20,13-4-8-15(19)9-5-13)16(10-21-11-22)12-2-6-14(18)7-3-12/h2-9,16H,10,20H2,1H3. The maximum Gasteiger partial charge on any atom is 0.234 e. The average Bonchev–Trinajstić information content (AvgIpc) is 2.49. The highest BCUT2D eigenvalue weighted by Gasteiger charge is 2.33. The molecule has 0 fully saturated rings. The van der Waals surface area contributed by atoms with E-state index in [4.69, 9.17) is 5.73 Å². The molecule has 0 aromatic heterocycles. The van der Waals surface area contributed by atoms with Gasteiger partial charge in [-0.3, -0.25) is 0 Å². The Kier molecular flexibility index (Phi) is 5.70. The molecule has 0 bridgehead atoms. The fraction of sp³-hybridized carbons (Fsp3) is 0.235. The number of hydrogen-bond acceptors (Lipinski definition) is 3. The summed E-state index contributed by atoms with van der Waals surface area (Å²) in [7, 11) is 0. The predicted octanol–water partition coefficient (Wildman–Crippen LogP) is 4.51. The molecule has 0 spiro atoms. The van der Waals surface area contributed by atoms with Crippen LogP contribution in [0.15, 0.2) is 62.5 Å². The lowest BCUT2D eigenvalue weighted by molar-refractivity contribution is 0.394. The molecule has 3 nitrogen and oxygen atoms in total. The van der Waals surface area contributed by atoms with Gasteiger partial charge in [0, 0.05) is 20.4 Å². The number of nitrogens with zero attached hydrogens (tertiary/aromatic N) is 1. The summed E-state index contributed by atoms with van der Waals surface area (Å²) in [5, 5.41) is 0. The molecule has 0 amide bonds. The van der Waals surface area contributed by atoms with Gasteiger partial charge in [-0.25, -0.2) is 9.79 Å². The van der Waals surface area contributed by atoms with Crippen molar-refractivity contribution in [2.75, 3.05) is 6.54 Å². The van der Waals surface area contributed by atoms with E-state index in [2.05, 4.69) is 36.9 Å². The molecule has 0 heterocycles. The highest BCUT2D eigenvalue weighted by atomic mass is 79.9. The van der Waals surface area contributed by atoms with E-state index >= 15 is 0 Å². The van der Waals surface area contributed by atoms with Gasteiger partial charge in [0.25, 0.3) is 0 Å². The number of benzene rings is 2. The number of carbonyl (C=O) groups excluding carboxylic acids is 1. The molecular weight excluding hydrogens is 408 g/mol. The van der Waals surface area contributed by atoms with Crippen molar-refractivity contribution in [3.05, 3.63) is 68.6 Å². The molecule has 2 aromatic rings. The third kappa shape index (κ3) is 3.93. The second-order valence-corrected chi connectivity index (χ2v) is 7.16. The van der Waals surface area contributed by atoms with Gasteiger partial charge in [-0.15, -0.1) is 0 Å². The predicted molar refractivity (Wildman–Crippen MR) is 95.6 cm³/mol. The Morgan fingerprint density at radius 1 is 1.09 bits per heavy atom. The van der Waals surface area contributed by atoms with Gasteiger partial charge in [0.05, 0.1) is 6.54 Å². The lowest BCUT2D eigenvalue weighted by atomic mass is 9.76. The Balaban J connectivity index is 2.44. The molecule has 0 aliphatic rings. The minimum Gasteiger partial charge on any atom is -0.321 e. The normalized spacial score (nSPS) is 14.7. The van der Waals surface area contributed by atoms with Gasteiger partial charge >= 0.3 is 0 Å². The maximum absolute atomic E-state index is 10.6. The largest absolute Gasteiger partial charge is 0.321 e. The Hall–Kier alpha value is -1.26. The fourth-order valence-corrected chi connectivity index (χ4v) is 3.00. The summed E-state index contributed by atoms with van der Waals surface area (Å²) in [6.07, 6.45) is 1.61. The molecule has 0 aliphatic heterocycles. The molecule has 2 N–H and O–H groups in total. The summed E-state index contributed by atoms with van der Waals surface area (Å²) in [6, 6.07) is 15.8. The molecule has 0 aliphatic carbocycles. The van der Waals surface area contributed by atoms with Crippen molar-refractivity contribution < 1.29 is 4.79 Å². The zero-order chi connectivity index (χ0) is 16.2. The third-order valence-electron chi connectivity index (χ3n) is 3.80. The van der Waals surface area contributed by atoms with Gasteiger partial charge in [0.2, 0.25) is 6.08 Å². The van der Waals surface area contributed by atoms with E-state index in [-0.39, 0.29) is 5.92 Å². The summed E-state index contributed by atoms with van der Waals surface area (Å²) in [6.45, 7) is 2.26. The molecule has 2 atom stereocenters. The second-order valence-electron chi connectivity index (χ2n) is 5.33. The van der Waals surface area contributed by atoms with Crippen LogP contribution in [-0.2, 0) is 10.3 Å². The maximum atomic E-state index is 10.6. The first-order valence-corrected chi connectivity index (χ1v) is 8.37. The molecule has 114 valence electrons. The molecule has 2 rings (SSSR count). The van der Waals surface area contributed by atoms with Crippen molar-refractivity contribution in [2.45, 2.75) is 18.4 Å². The van der Waals surface area contributed by atoms with Crippen molar-refractivity contribution in [3.8, 4) is 0 Å².